The molecule has 0 saturated heterocycles. The normalized spacial score (nSPS) is 10.3. The first-order chi connectivity index (χ1) is 5.72. The van der Waals surface area contributed by atoms with E-state index in [0.29, 0.717) is 5.92 Å². The van der Waals surface area contributed by atoms with Gasteiger partial charge in [0.15, 0.2) is 0 Å². The molecule has 0 saturated carbocycles. The van der Waals surface area contributed by atoms with Crippen LogP contribution in [0.3, 0.4) is 0 Å². The van der Waals surface area contributed by atoms with Gasteiger partial charge in [-0.25, -0.2) is 0 Å². The molecule has 0 aliphatic carbocycles. The molecule has 1 rings (SSSR count). The van der Waals surface area contributed by atoms with Crippen molar-refractivity contribution in [1.29, 1.82) is 0 Å². The zero-order valence-corrected chi connectivity index (χ0v) is 7.92. The molecule has 1 nitrogen and oxygen atoms in total. The Balaban J connectivity index is 2.72. The lowest BCUT2D eigenvalue weighted by Gasteiger charge is -2.05. The number of benzene rings is 1. The van der Waals surface area contributed by atoms with Gasteiger partial charge in [-0.3, -0.25) is 0 Å². The minimum atomic E-state index is 0.674. The maximum absolute atomic E-state index is 5.12. The number of hydrogen-bond acceptors (Lipinski definition) is 1. The van der Waals surface area contributed by atoms with E-state index in [4.69, 9.17) is 4.74 Å². The molecule has 12 heavy (non-hydrogen) atoms. The largest absolute Gasteiger partial charge is 0.497 e. The Bertz CT molecular complexity index is 241. The third-order valence-corrected chi connectivity index (χ3v) is 1.70. The Kier molecular flexibility index (Phi) is 3.15. The van der Waals surface area contributed by atoms with Gasteiger partial charge < -0.3 is 4.74 Å². The maximum atomic E-state index is 5.12. The van der Waals surface area contributed by atoms with E-state index in [0.717, 1.165) is 12.2 Å². The van der Waals surface area contributed by atoms with E-state index in [1.165, 1.54) is 5.56 Å². The first-order valence-electron chi connectivity index (χ1n) is 4.27. The molecule has 0 unspecified atom stereocenters. The van der Waals surface area contributed by atoms with Gasteiger partial charge >= 0.3 is 0 Å². The van der Waals surface area contributed by atoms with Crippen LogP contribution in [0.1, 0.15) is 19.4 Å². The topological polar surface area (TPSA) is 9.23 Å². The minimum absolute atomic E-state index is 0.674. The fraction of sp³-hybridized carbons (Fsp3) is 0.455. The molecule has 0 amide bonds. The van der Waals surface area contributed by atoms with Gasteiger partial charge in [0.2, 0.25) is 0 Å². The van der Waals surface area contributed by atoms with Crippen LogP contribution in [-0.2, 0) is 6.42 Å². The molecule has 0 heterocycles. The van der Waals surface area contributed by atoms with Crippen LogP contribution in [-0.4, -0.2) is 7.11 Å². The number of methoxy groups -OCH3 is 1. The van der Waals surface area contributed by atoms with Crippen molar-refractivity contribution in [3.63, 3.8) is 0 Å². The van der Waals surface area contributed by atoms with Gasteiger partial charge in [0.1, 0.15) is 5.75 Å². The Labute approximate surface area is 74.4 Å². The molecule has 0 N–H and O–H groups in total. The summed E-state index contributed by atoms with van der Waals surface area (Å²) in [5.74, 6) is 1.60. The molecule has 65 valence electrons. The highest BCUT2D eigenvalue weighted by molar-refractivity contribution is 5.27. The summed E-state index contributed by atoms with van der Waals surface area (Å²) in [6, 6.07) is 9.07. The van der Waals surface area contributed by atoms with Crippen LogP contribution in [0.25, 0.3) is 0 Å². The van der Waals surface area contributed by atoms with Crippen LogP contribution in [0.15, 0.2) is 18.2 Å². The Morgan fingerprint density at radius 2 is 2.25 bits per heavy atom. The molecule has 1 aromatic rings. The SMILES string of the molecule is COc1cc[c]c(CC(C)C)c1. The summed E-state index contributed by atoms with van der Waals surface area (Å²) in [4.78, 5) is 0. The van der Waals surface area contributed by atoms with Crippen molar-refractivity contribution in [3.05, 3.63) is 29.8 Å². The second-order valence-electron chi connectivity index (χ2n) is 3.35. The van der Waals surface area contributed by atoms with Crippen molar-refractivity contribution >= 4 is 0 Å². The molecular weight excluding hydrogens is 148 g/mol. The van der Waals surface area contributed by atoms with E-state index >= 15 is 0 Å². The van der Waals surface area contributed by atoms with Crippen molar-refractivity contribution < 1.29 is 4.74 Å². The van der Waals surface area contributed by atoms with Gasteiger partial charge in [-0.15, -0.1) is 0 Å². The smallest absolute Gasteiger partial charge is 0.119 e. The zero-order valence-electron chi connectivity index (χ0n) is 7.92. The van der Waals surface area contributed by atoms with Crippen molar-refractivity contribution in [2.75, 3.05) is 7.11 Å². The summed E-state index contributed by atoms with van der Waals surface area (Å²) in [7, 11) is 1.69. The lowest BCUT2D eigenvalue weighted by Crippen LogP contribution is -1.94. The number of ether oxygens (including phenoxy) is 1. The van der Waals surface area contributed by atoms with Crippen molar-refractivity contribution in [3.8, 4) is 5.75 Å². The fourth-order valence-electron chi connectivity index (χ4n) is 1.18. The quantitative estimate of drug-likeness (QED) is 0.665. The Morgan fingerprint density at radius 1 is 1.50 bits per heavy atom. The Morgan fingerprint density at radius 3 is 2.83 bits per heavy atom. The molecule has 0 fully saturated rings. The third-order valence-electron chi connectivity index (χ3n) is 1.70. The minimum Gasteiger partial charge on any atom is -0.497 e. The zero-order chi connectivity index (χ0) is 8.97. The van der Waals surface area contributed by atoms with E-state index in [1.54, 1.807) is 7.11 Å². The summed E-state index contributed by atoms with van der Waals surface area (Å²) >= 11 is 0. The van der Waals surface area contributed by atoms with E-state index in [2.05, 4.69) is 19.9 Å². The second-order valence-corrected chi connectivity index (χ2v) is 3.35. The standard InChI is InChI=1S/C11H15O/c1-9(2)7-10-5-4-6-11(8-10)12-3/h4,6,8-9H,7H2,1-3H3. The van der Waals surface area contributed by atoms with Crippen molar-refractivity contribution in [2.24, 2.45) is 5.92 Å². The van der Waals surface area contributed by atoms with E-state index in [-0.39, 0.29) is 0 Å². The van der Waals surface area contributed by atoms with Crippen LogP contribution in [0.2, 0.25) is 0 Å². The number of rotatable bonds is 3. The summed E-state index contributed by atoms with van der Waals surface area (Å²) in [6.45, 7) is 4.40. The Hall–Kier alpha value is -0.980. The van der Waals surface area contributed by atoms with E-state index in [9.17, 15) is 0 Å². The molecule has 0 bridgehead atoms. The average Bonchev–Trinajstić information content (AvgIpc) is 2.03. The van der Waals surface area contributed by atoms with Crippen LogP contribution >= 0.6 is 0 Å². The molecular formula is C11H15O. The lowest BCUT2D eigenvalue weighted by atomic mass is 10.0. The van der Waals surface area contributed by atoms with Crippen LogP contribution < -0.4 is 4.74 Å². The van der Waals surface area contributed by atoms with Crippen molar-refractivity contribution in [2.45, 2.75) is 20.3 Å². The maximum Gasteiger partial charge on any atom is 0.119 e. The highest BCUT2D eigenvalue weighted by Gasteiger charge is 1.98. The van der Waals surface area contributed by atoms with Crippen molar-refractivity contribution in [1.82, 2.24) is 0 Å². The molecule has 0 spiro atoms. The summed E-state index contributed by atoms with van der Waals surface area (Å²) in [5.41, 5.74) is 1.23. The average molecular weight is 163 g/mol. The first kappa shape index (κ1) is 9.11. The summed E-state index contributed by atoms with van der Waals surface area (Å²) < 4.78 is 5.12. The third kappa shape index (κ3) is 2.57. The van der Waals surface area contributed by atoms with Gasteiger partial charge in [-0.2, -0.15) is 0 Å². The molecule has 0 atom stereocenters. The van der Waals surface area contributed by atoms with E-state index in [1.807, 2.05) is 18.2 Å². The monoisotopic (exact) mass is 163 g/mol. The highest BCUT2D eigenvalue weighted by atomic mass is 16.5. The molecule has 0 aliphatic heterocycles. The van der Waals surface area contributed by atoms with Crippen LogP contribution in [0, 0.1) is 12.0 Å². The summed E-state index contributed by atoms with van der Waals surface area (Å²) in [5, 5.41) is 0. The fourth-order valence-corrected chi connectivity index (χ4v) is 1.18. The molecule has 0 aliphatic rings. The van der Waals surface area contributed by atoms with Gasteiger partial charge in [-0.1, -0.05) is 19.9 Å². The second kappa shape index (κ2) is 4.15. The molecule has 1 heteroatoms. The molecule has 1 aromatic carbocycles. The van der Waals surface area contributed by atoms with Crippen LogP contribution in [0.4, 0.5) is 0 Å². The predicted molar refractivity (Wildman–Crippen MR) is 50.4 cm³/mol. The highest BCUT2D eigenvalue weighted by Crippen LogP contribution is 2.14. The predicted octanol–water partition coefficient (Wildman–Crippen LogP) is 2.69. The number of hydrogen-bond donors (Lipinski definition) is 0. The summed E-state index contributed by atoms with van der Waals surface area (Å²) in [6.07, 6.45) is 1.07. The van der Waals surface area contributed by atoms with Crippen LogP contribution in [0.5, 0.6) is 5.75 Å². The van der Waals surface area contributed by atoms with Gasteiger partial charge in [0.05, 0.1) is 7.11 Å². The van der Waals surface area contributed by atoms with Gasteiger partial charge in [0, 0.05) is 0 Å². The van der Waals surface area contributed by atoms with Gasteiger partial charge in [0.25, 0.3) is 0 Å². The lowest BCUT2D eigenvalue weighted by molar-refractivity contribution is 0.414. The van der Waals surface area contributed by atoms with E-state index < -0.39 is 0 Å². The van der Waals surface area contributed by atoms with Gasteiger partial charge in [-0.05, 0) is 36.1 Å². The first-order valence-corrected chi connectivity index (χ1v) is 4.27. The molecule has 0 aromatic heterocycles. The molecule has 1 radical (unpaired) electrons.